The number of rotatable bonds is 4. The fourth-order valence-corrected chi connectivity index (χ4v) is 0.612. The molecule has 0 aliphatic rings. The molecule has 3 heteroatoms. The van der Waals surface area contributed by atoms with E-state index >= 15 is 0 Å². The summed E-state index contributed by atoms with van der Waals surface area (Å²) < 4.78 is 0. The van der Waals surface area contributed by atoms with E-state index in [9.17, 15) is 9.59 Å². The van der Waals surface area contributed by atoms with Crippen molar-refractivity contribution in [1.29, 1.82) is 0 Å². The first-order valence-corrected chi connectivity index (χ1v) is 3.09. The first-order chi connectivity index (χ1) is 4.70. The molecular formula is C7H10O3. The SMILES string of the molecule is CCC/C(C=O)=C/C(=O)O. The van der Waals surface area contributed by atoms with Crippen molar-refractivity contribution in [1.82, 2.24) is 0 Å². The number of carbonyl (C=O) groups is 2. The van der Waals surface area contributed by atoms with E-state index in [2.05, 4.69) is 0 Å². The number of hydrogen-bond acceptors (Lipinski definition) is 2. The molecule has 0 aromatic heterocycles. The van der Waals surface area contributed by atoms with Crippen molar-refractivity contribution < 1.29 is 14.7 Å². The molecule has 56 valence electrons. The molecular weight excluding hydrogens is 132 g/mol. The number of aliphatic carboxylic acids is 1. The van der Waals surface area contributed by atoms with E-state index in [0.29, 0.717) is 18.3 Å². The van der Waals surface area contributed by atoms with E-state index in [4.69, 9.17) is 5.11 Å². The van der Waals surface area contributed by atoms with Gasteiger partial charge in [-0.3, -0.25) is 4.79 Å². The van der Waals surface area contributed by atoms with E-state index in [1.54, 1.807) is 0 Å². The van der Waals surface area contributed by atoms with E-state index in [-0.39, 0.29) is 0 Å². The zero-order valence-corrected chi connectivity index (χ0v) is 5.83. The van der Waals surface area contributed by atoms with E-state index < -0.39 is 5.97 Å². The molecule has 0 rings (SSSR count). The normalized spacial score (nSPS) is 11.1. The lowest BCUT2D eigenvalue weighted by molar-refractivity contribution is -0.131. The summed E-state index contributed by atoms with van der Waals surface area (Å²) in [6.07, 6.45) is 2.85. The maximum absolute atomic E-state index is 10.1. The molecule has 0 aliphatic carbocycles. The number of aldehydes is 1. The molecule has 0 spiro atoms. The minimum Gasteiger partial charge on any atom is -0.478 e. The lowest BCUT2D eigenvalue weighted by atomic mass is 10.1. The highest BCUT2D eigenvalue weighted by molar-refractivity contribution is 5.88. The minimum absolute atomic E-state index is 0.343. The molecule has 10 heavy (non-hydrogen) atoms. The summed E-state index contributed by atoms with van der Waals surface area (Å²) >= 11 is 0. The fraction of sp³-hybridized carbons (Fsp3) is 0.429. The summed E-state index contributed by atoms with van der Waals surface area (Å²) in [5, 5.41) is 8.21. The van der Waals surface area contributed by atoms with Crippen LogP contribution in [0.5, 0.6) is 0 Å². The first kappa shape index (κ1) is 8.88. The van der Waals surface area contributed by atoms with Gasteiger partial charge in [-0.1, -0.05) is 13.3 Å². The molecule has 0 unspecified atom stereocenters. The van der Waals surface area contributed by atoms with Gasteiger partial charge >= 0.3 is 5.97 Å². The van der Waals surface area contributed by atoms with Crippen LogP contribution in [0.15, 0.2) is 11.6 Å². The van der Waals surface area contributed by atoms with Gasteiger partial charge < -0.3 is 5.11 Å². The third-order valence-electron chi connectivity index (χ3n) is 0.999. The predicted molar refractivity (Wildman–Crippen MR) is 36.7 cm³/mol. The second-order valence-corrected chi connectivity index (χ2v) is 1.93. The molecule has 0 heterocycles. The van der Waals surface area contributed by atoms with Gasteiger partial charge in [-0.25, -0.2) is 4.79 Å². The van der Waals surface area contributed by atoms with Crippen LogP contribution in [0, 0.1) is 0 Å². The Balaban J connectivity index is 4.03. The summed E-state index contributed by atoms with van der Waals surface area (Å²) in [6.45, 7) is 1.89. The third kappa shape index (κ3) is 3.83. The average molecular weight is 142 g/mol. The van der Waals surface area contributed by atoms with Crippen molar-refractivity contribution in [3.63, 3.8) is 0 Å². The van der Waals surface area contributed by atoms with Crippen LogP contribution in [-0.4, -0.2) is 17.4 Å². The van der Waals surface area contributed by atoms with Crippen molar-refractivity contribution in [3.8, 4) is 0 Å². The molecule has 0 saturated carbocycles. The van der Waals surface area contributed by atoms with Gasteiger partial charge in [0, 0.05) is 6.08 Å². The maximum Gasteiger partial charge on any atom is 0.328 e. The molecule has 0 aromatic rings. The summed E-state index contributed by atoms with van der Waals surface area (Å²) in [5.74, 6) is -1.06. The molecule has 0 aliphatic heterocycles. The van der Waals surface area contributed by atoms with E-state index in [1.165, 1.54) is 0 Å². The van der Waals surface area contributed by atoms with Crippen LogP contribution in [0.2, 0.25) is 0 Å². The Morgan fingerprint density at radius 2 is 2.20 bits per heavy atom. The largest absolute Gasteiger partial charge is 0.478 e. The Morgan fingerprint density at radius 3 is 2.50 bits per heavy atom. The first-order valence-electron chi connectivity index (χ1n) is 3.09. The summed E-state index contributed by atoms with van der Waals surface area (Å²) in [5.41, 5.74) is 0.343. The number of carboxylic acids is 1. The van der Waals surface area contributed by atoms with Crippen molar-refractivity contribution in [3.05, 3.63) is 11.6 Å². The Kier molecular flexibility index (Phi) is 4.20. The Hall–Kier alpha value is -1.12. The van der Waals surface area contributed by atoms with E-state index in [0.717, 1.165) is 12.5 Å². The predicted octanol–water partition coefficient (Wildman–Crippen LogP) is 0.996. The standard InChI is InChI=1S/C7H10O3/c1-2-3-6(5-8)4-7(9)10/h4-5H,2-3H2,1H3,(H,9,10)/b6-4-. The van der Waals surface area contributed by atoms with Gasteiger partial charge in [0.2, 0.25) is 0 Å². The molecule has 0 radical (unpaired) electrons. The topological polar surface area (TPSA) is 54.4 Å². The smallest absolute Gasteiger partial charge is 0.328 e. The lowest BCUT2D eigenvalue weighted by Crippen LogP contribution is -1.93. The van der Waals surface area contributed by atoms with Crippen LogP contribution in [0.4, 0.5) is 0 Å². The van der Waals surface area contributed by atoms with E-state index in [1.807, 2.05) is 6.92 Å². The second-order valence-electron chi connectivity index (χ2n) is 1.93. The fourth-order valence-electron chi connectivity index (χ4n) is 0.612. The second kappa shape index (κ2) is 4.73. The van der Waals surface area contributed by atoms with Gasteiger partial charge in [0.1, 0.15) is 6.29 Å². The number of carboxylic acid groups (broad SMARTS) is 1. The molecule has 0 amide bonds. The quantitative estimate of drug-likeness (QED) is 0.470. The molecule has 0 atom stereocenters. The monoisotopic (exact) mass is 142 g/mol. The highest BCUT2D eigenvalue weighted by Gasteiger charge is 1.95. The zero-order valence-electron chi connectivity index (χ0n) is 5.83. The van der Waals surface area contributed by atoms with Crippen LogP contribution in [0.25, 0.3) is 0 Å². The third-order valence-corrected chi connectivity index (χ3v) is 0.999. The molecule has 0 saturated heterocycles. The molecule has 0 bridgehead atoms. The van der Waals surface area contributed by atoms with Crippen LogP contribution in [0.3, 0.4) is 0 Å². The zero-order chi connectivity index (χ0) is 7.98. The van der Waals surface area contributed by atoms with Crippen molar-refractivity contribution in [2.75, 3.05) is 0 Å². The molecule has 0 aromatic carbocycles. The van der Waals surface area contributed by atoms with Crippen LogP contribution in [0.1, 0.15) is 19.8 Å². The summed E-state index contributed by atoms with van der Waals surface area (Å²) in [4.78, 5) is 20.1. The Bertz CT molecular complexity index is 158. The number of allylic oxidation sites excluding steroid dienone is 1. The van der Waals surface area contributed by atoms with Gasteiger partial charge in [-0.15, -0.1) is 0 Å². The van der Waals surface area contributed by atoms with Crippen LogP contribution < -0.4 is 0 Å². The Morgan fingerprint density at radius 1 is 1.60 bits per heavy atom. The molecule has 3 nitrogen and oxygen atoms in total. The number of hydrogen-bond donors (Lipinski definition) is 1. The van der Waals surface area contributed by atoms with Crippen LogP contribution in [-0.2, 0) is 9.59 Å². The Labute approximate surface area is 59.4 Å². The summed E-state index contributed by atoms with van der Waals surface area (Å²) in [6, 6.07) is 0. The molecule has 0 fully saturated rings. The summed E-state index contributed by atoms with van der Waals surface area (Å²) in [7, 11) is 0. The highest BCUT2D eigenvalue weighted by atomic mass is 16.4. The van der Waals surface area contributed by atoms with Gasteiger partial charge in [-0.2, -0.15) is 0 Å². The van der Waals surface area contributed by atoms with Crippen molar-refractivity contribution in [2.24, 2.45) is 0 Å². The lowest BCUT2D eigenvalue weighted by Gasteiger charge is -1.91. The minimum atomic E-state index is -1.06. The van der Waals surface area contributed by atoms with Crippen LogP contribution >= 0.6 is 0 Å². The maximum atomic E-state index is 10.1. The average Bonchev–Trinajstić information content (AvgIpc) is 1.86. The van der Waals surface area contributed by atoms with Crippen molar-refractivity contribution >= 4 is 12.3 Å². The molecule has 1 N–H and O–H groups in total. The van der Waals surface area contributed by atoms with Gasteiger partial charge in [0.05, 0.1) is 0 Å². The van der Waals surface area contributed by atoms with Crippen molar-refractivity contribution in [2.45, 2.75) is 19.8 Å². The highest BCUT2D eigenvalue weighted by Crippen LogP contribution is 1.99. The van der Waals surface area contributed by atoms with Gasteiger partial charge in [0.15, 0.2) is 0 Å². The van der Waals surface area contributed by atoms with Gasteiger partial charge in [0.25, 0.3) is 0 Å². The number of carbonyl (C=O) groups excluding carboxylic acids is 1. The van der Waals surface area contributed by atoms with Gasteiger partial charge in [-0.05, 0) is 12.0 Å².